The molecule has 2 aromatic rings. The van der Waals surface area contributed by atoms with E-state index < -0.39 is 0 Å². The highest BCUT2D eigenvalue weighted by molar-refractivity contribution is 5.36. The number of aryl methyl sites for hydroxylation is 2. The Labute approximate surface area is 113 Å². The van der Waals surface area contributed by atoms with Crippen LogP contribution in [0.15, 0.2) is 34.9 Å². The van der Waals surface area contributed by atoms with Gasteiger partial charge in [-0.05, 0) is 56.1 Å². The number of benzene rings is 1. The number of hydrogen-bond donors (Lipinski definition) is 1. The Balaban J connectivity index is 2.36. The molecular weight excluding hydrogens is 241 g/mol. The summed E-state index contributed by atoms with van der Waals surface area (Å²) in [6, 6.07) is 7.01. The minimum absolute atomic E-state index is 0.0537. The summed E-state index contributed by atoms with van der Waals surface area (Å²) in [5, 5.41) is 3.49. The van der Waals surface area contributed by atoms with Crippen molar-refractivity contribution in [3.05, 3.63) is 58.8 Å². The van der Waals surface area contributed by atoms with Gasteiger partial charge in [-0.1, -0.05) is 13.0 Å². The van der Waals surface area contributed by atoms with E-state index in [-0.39, 0.29) is 11.9 Å². The molecule has 0 saturated heterocycles. The lowest BCUT2D eigenvalue weighted by atomic mass is 9.96. The maximum atomic E-state index is 13.2. The van der Waals surface area contributed by atoms with Crippen LogP contribution in [0.5, 0.6) is 0 Å². The lowest BCUT2D eigenvalue weighted by Gasteiger charge is -2.19. The Bertz CT molecular complexity index is 547. The molecule has 0 bridgehead atoms. The van der Waals surface area contributed by atoms with Crippen LogP contribution in [0.3, 0.4) is 0 Å². The zero-order chi connectivity index (χ0) is 13.8. The Kier molecular flexibility index (Phi) is 4.38. The third kappa shape index (κ3) is 3.24. The highest BCUT2D eigenvalue weighted by atomic mass is 19.1. The molecule has 0 amide bonds. The fourth-order valence-electron chi connectivity index (χ4n) is 2.27. The molecule has 1 aromatic carbocycles. The van der Waals surface area contributed by atoms with E-state index in [2.05, 4.69) is 12.2 Å². The Morgan fingerprint density at radius 1 is 1.26 bits per heavy atom. The lowest BCUT2D eigenvalue weighted by molar-refractivity contribution is 0.523. The summed E-state index contributed by atoms with van der Waals surface area (Å²) in [6.45, 7) is 6.90. The molecule has 0 saturated carbocycles. The van der Waals surface area contributed by atoms with Gasteiger partial charge in [0, 0.05) is 5.56 Å². The van der Waals surface area contributed by atoms with Gasteiger partial charge < -0.3 is 9.73 Å². The average Bonchev–Trinajstić information content (AvgIpc) is 2.78. The molecule has 0 radical (unpaired) electrons. The average molecular weight is 261 g/mol. The summed E-state index contributed by atoms with van der Waals surface area (Å²) in [4.78, 5) is 0. The third-order valence-corrected chi connectivity index (χ3v) is 3.23. The first-order valence-corrected chi connectivity index (χ1v) is 6.66. The summed E-state index contributed by atoms with van der Waals surface area (Å²) in [5.41, 5.74) is 3.13. The maximum Gasteiger partial charge on any atom is 0.123 e. The molecule has 1 N–H and O–H groups in total. The van der Waals surface area contributed by atoms with Gasteiger partial charge in [-0.15, -0.1) is 0 Å². The monoisotopic (exact) mass is 261 g/mol. The van der Waals surface area contributed by atoms with E-state index in [1.807, 2.05) is 26.0 Å². The van der Waals surface area contributed by atoms with Crippen LogP contribution in [0.25, 0.3) is 0 Å². The molecule has 2 rings (SSSR count). The minimum atomic E-state index is -0.195. The highest BCUT2D eigenvalue weighted by Gasteiger charge is 2.17. The molecule has 1 heterocycles. The van der Waals surface area contributed by atoms with Gasteiger partial charge in [-0.3, -0.25) is 0 Å². The van der Waals surface area contributed by atoms with Crippen LogP contribution in [0.2, 0.25) is 0 Å². The Hall–Kier alpha value is -1.61. The van der Waals surface area contributed by atoms with Crippen LogP contribution >= 0.6 is 0 Å². The second-order valence-corrected chi connectivity index (χ2v) is 4.88. The number of nitrogens with one attached hydrogen (secondary N) is 1. The zero-order valence-corrected chi connectivity index (χ0v) is 11.7. The summed E-state index contributed by atoms with van der Waals surface area (Å²) in [5.74, 6) is 0.692. The van der Waals surface area contributed by atoms with E-state index in [0.29, 0.717) is 0 Å². The van der Waals surface area contributed by atoms with Gasteiger partial charge in [0.15, 0.2) is 0 Å². The van der Waals surface area contributed by atoms with Crippen molar-refractivity contribution in [3.63, 3.8) is 0 Å². The van der Waals surface area contributed by atoms with Crippen LogP contribution in [0, 0.1) is 19.7 Å². The summed E-state index contributed by atoms with van der Waals surface area (Å²) >= 11 is 0. The van der Waals surface area contributed by atoms with E-state index in [4.69, 9.17) is 4.42 Å². The van der Waals surface area contributed by atoms with Gasteiger partial charge in [0.1, 0.15) is 11.6 Å². The van der Waals surface area contributed by atoms with Crippen molar-refractivity contribution >= 4 is 0 Å². The second-order valence-electron chi connectivity index (χ2n) is 4.88. The zero-order valence-electron chi connectivity index (χ0n) is 11.7. The van der Waals surface area contributed by atoms with Crippen LogP contribution in [0.1, 0.15) is 41.8 Å². The topological polar surface area (TPSA) is 25.2 Å². The fourth-order valence-corrected chi connectivity index (χ4v) is 2.27. The first-order chi connectivity index (χ1) is 9.11. The van der Waals surface area contributed by atoms with Crippen molar-refractivity contribution in [2.24, 2.45) is 0 Å². The molecule has 0 aliphatic carbocycles. The Morgan fingerprint density at radius 2 is 2.05 bits per heavy atom. The fraction of sp³-hybridized carbons (Fsp3) is 0.375. The van der Waals surface area contributed by atoms with Gasteiger partial charge in [-0.25, -0.2) is 4.39 Å². The molecule has 1 unspecified atom stereocenters. The van der Waals surface area contributed by atoms with E-state index in [1.54, 1.807) is 12.3 Å². The first-order valence-electron chi connectivity index (χ1n) is 6.66. The van der Waals surface area contributed by atoms with E-state index in [9.17, 15) is 4.39 Å². The SMILES string of the molecule is CCCNC(c1coc(C)c1)c1ccc(F)cc1C. The van der Waals surface area contributed by atoms with Gasteiger partial charge in [0.25, 0.3) is 0 Å². The maximum absolute atomic E-state index is 13.2. The van der Waals surface area contributed by atoms with Gasteiger partial charge in [-0.2, -0.15) is 0 Å². The van der Waals surface area contributed by atoms with E-state index in [0.717, 1.165) is 35.4 Å². The van der Waals surface area contributed by atoms with Crippen molar-refractivity contribution in [1.29, 1.82) is 0 Å². The molecule has 0 aliphatic heterocycles. The third-order valence-electron chi connectivity index (χ3n) is 3.23. The van der Waals surface area contributed by atoms with Gasteiger partial charge in [0.05, 0.1) is 12.3 Å². The van der Waals surface area contributed by atoms with Crippen LogP contribution in [-0.4, -0.2) is 6.54 Å². The number of halogens is 1. The van der Waals surface area contributed by atoms with Gasteiger partial charge in [0.2, 0.25) is 0 Å². The van der Waals surface area contributed by atoms with E-state index >= 15 is 0 Å². The molecule has 0 spiro atoms. The first kappa shape index (κ1) is 13.8. The molecule has 2 nitrogen and oxygen atoms in total. The predicted octanol–water partition coefficient (Wildman–Crippen LogP) is 4.12. The van der Waals surface area contributed by atoms with E-state index in [1.165, 1.54) is 6.07 Å². The summed E-state index contributed by atoms with van der Waals surface area (Å²) in [7, 11) is 0. The van der Waals surface area contributed by atoms with Crippen molar-refractivity contribution < 1.29 is 8.81 Å². The molecule has 19 heavy (non-hydrogen) atoms. The van der Waals surface area contributed by atoms with Crippen LogP contribution in [-0.2, 0) is 0 Å². The Morgan fingerprint density at radius 3 is 2.63 bits per heavy atom. The smallest absolute Gasteiger partial charge is 0.123 e. The molecule has 0 aliphatic rings. The predicted molar refractivity (Wildman–Crippen MR) is 74.7 cm³/mol. The number of rotatable bonds is 5. The van der Waals surface area contributed by atoms with Crippen molar-refractivity contribution in [3.8, 4) is 0 Å². The van der Waals surface area contributed by atoms with Crippen LogP contribution in [0.4, 0.5) is 4.39 Å². The summed E-state index contributed by atoms with van der Waals surface area (Å²) in [6.07, 6.45) is 2.82. The normalized spacial score (nSPS) is 12.6. The summed E-state index contributed by atoms with van der Waals surface area (Å²) < 4.78 is 18.6. The molecule has 3 heteroatoms. The van der Waals surface area contributed by atoms with Crippen molar-refractivity contribution in [2.45, 2.75) is 33.2 Å². The quantitative estimate of drug-likeness (QED) is 0.875. The molecule has 1 atom stereocenters. The lowest BCUT2D eigenvalue weighted by Crippen LogP contribution is -2.23. The van der Waals surface area contributed by atoms with Crippen molar-refractivity contribution in [1.82, 2.24) is 5.32 Å². The molecule has 1 aromatic heterocycles. The second kappa shape index (κ2) is 6.02. The largest absolute Gasteiger partial charge is 0.469 e. The highest BCUT2D eigenvalue weighted by Crippen LogP contribution is 2.27. The number of furan rings is 1. The van der Waals surface area contributed by atoms with Gasteiger partial charge >= 0.3 is 0 Å². The molecular formula is C16H20FNO. The molecule has 102 valence electrons. The standard InChI is InChI=1S/C16H20FNO/c1-4-7-18-16(13-9-12(3)19-10-13)15-6-5-14(17)8-11(15)2/h5-6,8-10,16,18H,4,7H2,1-3H3. The minimum Gasteiger partial charge on any atom is -0.469 e. The van der Waals surface area contributed by atoms with Crippen molar-refractivity contribution in [2.75, 3.05) is 6.54 Å². The number of hydrogen-bond acceptors (Lipinski definition) is 2. The molecule has 0 fully saturated rings. The van der Waals surface area contributed by atoms with Crippen LogP contribution < -0.4 is 5.32 Å².